The third-order valence-corrected chi connectivity index (χ3v) is 5.93. The number of thioether (sulfide) groups is 1. The second-order valence-electron chi connectivity index (χ2n) is 4.45. The van der Waals surface area contributed by atoms with Crippen molar-refractivity contribution in [3.63, 3.8) is 0 Å². The van der Waals surface area contributed by atoms with Gasteiger partial charge in [-0.25, -0.2) is 13.4 Å². The molecule has 0 spiro atoms. The van der Waals surface area contributed by atoms with Gasteiger partial charge < -0.3 is 5.32 Å². The van der Waals surface area contributed by atoms with Crippen LogP contribution in [-0.2, 0) is 10.0 Å². The second-order valence-corrected chi connectivity index (χ2v) is 7.94. The van der Waals surface area contributed by atoms with Crippen LogP contribution in [-0.4, -0.2) is 48.3 Å². The Balaban J connectivity index is 2.25. The van der Waals surface area contributed by atoms with Crippen molar-refractivity contribution in [2.75, 3.05) is 30.7 Å². The molecule has 1 aromatic rings. The number of hydrogen-bond donors (Lipinski definition) is 1. The lowest BCUT2D eigenvalue weighted by atomic mass is 10.4. The molecule has 1 saturated heterocycles. The van der Waals surface area contributed by atoms with E-state index in [0.29, 0.717) is 35.6 Å². The maximum Gasteiger partial charge on any atom is 0.243 e. The van der Waals surface area contributed by atoms with Crippen molar-refractivity contribution in [1.82, 2.24) is 9.29 Å². The molecule has 0 saturated carbocycles. The smallest absolute Gasteiger partial charge is 0.243 e. The Morgan fingerprint density at radius 3 is 3.05 bits per heavy atom. The lowest BCUT2D eigenvalue weighted by Gasteiger charge is -2.29. The fraction of sp³-hybridized carbons (Fsp3) is 0.583. The minimum atomic E-state index is -3.40. The van der Waals surface area contributed by atoms with Gasteiger partial charge in [-0.1, -0.05) is 6.92 Å². The van der Waals surface area contributed by atoms with E-state index >= 15 is 0 Å². The Morgan fingerprint density at radius 2 is 2.37 bits per heavy atom. The first-order valence-corrected chi connectivity index (χ1v) is 8.84. The van der Waals surface area contributed by atoms with Crippen LogP contribution in [0.3, 0.4) is 0 Å². The van der Waals surface area contributed by atoms with E-state index in [1.54, 1.807) is 16.4 Å². The first-order chi connectivity index (χ1) is 9.04. The fourth-order valence-electron chi connectivity index (χ4n) is 2.00. The van der Waals surface area contributed by atoms with E-state index in [4.69, 9.17) is 0 Å². The monoisotopic (exact) mass is 301 g/mol. The lowest BCUT2D eigenvalue weighted by Crippen LogP contribution is -2.40. The van der Waals surface area contributed by atoms with Crippen molar-refractivity contribution in [3.8, 4) is 0 Å². The van der Waals surface area contributed by atoms with Crippen molar-refractivity contribution in [3.05, 3.63) is 18.3 Å². The number of nitrogens with zero attached hydrogens (tertiary/aromatic N) is 2. The molecule has 1 atom stereocenters. The van der Waals surface area contributed by atoms with E-state index in [1.807, 2.05) is 18.7 Å². The van der Waals surface area contributed by atoms with Crippen LogP contribution in [0.15, 0.2) is 23.2 Å². The molecule has 0 radical (unpaired) electrons. The van der Waals surface area contributed by atoms with Crippen LogP contribution < -0.4 is 5.32 Å². The Bertz CT molecular complexity index is 534. The number of sulfonamides is 1. The number of rotatable bonds is 4. The molecule has 1 fully saturated rings. The van der Waals surface area contributed by atoms with Crippen LogP contribution in [0, 0.1) is 0 Å². The Morgan fingerprint density at radius 1 is 1.58 bits per heavy atom. The van der Waals surface area contributed by atoms with Crippen molar-refractivity contribution in [2.24, 2.45) is 0 Å². The summed E-state index contributed by atoms with van der Waals surface area (Å²) >= 11 is 1.81. The largest absolute Gasteiger partial charge is 0.370 e. The van der Waals surface area contributed by atoms with Gasteiger partial charge in [-0.05, 0) is 13.0 Å². The van der Waals surface area contributed by atoms with Crippen LogP contribution in [0.1, 0.15) is 13.8 Å². The zero-order valence-electron chi connectivity index (χ0n) is 11.2. The molecule has 2 rings (SSSR count). The average molecular weight is 301 g/mol. The summed E-state index contributed by atoms with van der Waals surface area (Å²) in [5.41, 5.74) is 0. The molecule has 0 amide bonds. The Hall–Kier alpha value is -0.790. The van der Waals surface area contributed by atoms with E-state index in [1.165, 1.54) is 6.20 Å². The van der Waals surface area contributed by atoms with Gasteiger partial charge in [0.15, 0.2) is 0 Å². The van der Waals surface area contributed by atoms with Gasteiger partial charge in [0.05, 0.1) is 4.90 Å². The SMILES string of the molecule is CCNc1cc(S(=O)(=O)N2CCSC(C)C2)ccn1. The van der Waals surface area contributed by atoms with Gasteiger partial charge in [0, 0.05) is 42.9 Å². The van der Waals surface area contributed by atoms with Crippen LogP contribution in [0.2, 0.25) is 0 Å². The predicted molar refractivity (Wildman–Crippen MR) is 79.1 cm³/mol. The summed E-state index contributed by atoms with van der Waals surface area (Å²) < 4.78 is 26.7. The van der Waals surface area contributed by atoms with Crippen molar-refractivity contribution in [1.29, 1.82) is 0 Å². The zero-order valence-corrected chi connectivity index (χ0v) is 12.8. The topological polar surface area (TPSA) is 62.3 Å². The van der Waals surface area contributed by atoms with Gasteiger partial charge >= 0.3 is 0 Å². The van der Waals surface area contributed by atoms with Gasteiger partial charge in [0.2, 0.25) is 10.0 Å². The summed E-state index contributed by atoms with van der Waals surface area (Å²) in [6, 6.07) is 3.16. The lowest BCUT2D eigenvalue weighted by molar-refractivity contribution is 0.424. The molecule has 19 heavy (non-hydrogen) atoms. The molecular formula is C12H19N3O2S2. The molecule has 5 nitrogen and oxygen atoms in total. The highest BCUT2D eigenvalue weighted by Gasteiger charge is 2.29. The summed E-state index contributed by atoms with van der Waals surface area (Å²) in [5.74, 6) is 1.45. The molecule has 0 bridgehead atoms. The maximum atomic E-state index is 12.6. The highest BCUT2D eigenvalue weighted by molar-refractivity contribution is 8.00. The standard InChI is InChI=1S/C12H19N3O2S2/c1-3-13-12-8-11(4-5-14-12)19(16,17)15-6-7-18-10(2)9-15/h4-5,8,10H,3,6-7,9H2,1-2H3,(H,13,14). The predicted octanol–water partition coefficient (Wildman–Crippen LogP) is 1.64. The normalized spacial score (nSPS) is 21.3. The van der Waals surface area contributed by atoms with Gasteiger partial charge in [-0.3, -0.25) is 0 Å². The van der Waals surface area contributed by atoms with E-state index in [0.717, 1.165) is 5.75 Å². The molecule has 0 aromatic carbocycles. The molecule has 106 valence electrons. The number of aromatic nitrogens is 1. The summed E-state index contributed by atoms with van der Waals surface area (Å²) in [4.78, 5) is 4.42. The number of anilines is 1. The van der Waals surface area contributed by atoms with Gasteiger partial charge in [-0.15, -0.1) is 0 Å². The van der Waals surface area contributed by atoms with Gasteiger partial charge in [-0.2, -0.15) is 16.1 Å². The Labute approximate surface area is 118 Å². The first kappa shape index (κ1) is 14.6. The second kappa shape index (κ2) is 6.11. The van der Waals surface area contributed by atoms with E-state index < -0.39 is 10.0 Å². The van der Waals surface area contributed by atoms with E-state index in [9.17, 15) is 8.42 Å². The summed E-state index contributed by atoms with van der Waals surface area (Å²) in [7, 11) is -3.40. The molecule has 1 aliphatic rings. The van der Waals surface area contributed by atoms with Crippen molar-refractivity contribution < 1.29 is 8.42 Å². The van der Waals surface area contributed by atoms with Crippen molar-refractivity contribution in [2.45, 2.75) is 24.0 Å². The van der Waals surface area contributed by atoms with E-state index in [-0.39, 0.29) is 0 Å². The molecule has 1 aliphatic heterocycles. The van der Waals surface area contributed by atoms with Crippen LogP contribution in [0.5, 0.6) is 0 Å². The van der Waals surface area contributed by atoms with Gasteiger partial charge in [0.25, 0.3) is 0 Å². The third kappa shape index (κ3) is 3.40. The van der Waals surface area contributed by atoms with Crippen LogP contribution in [0.25, 0.3) is 0 Å². The van der Waals surface area contributed by atoms with Crippen LogP contribution >= 0.6 is 11.8 Å². The van der Waals surface area contributed by atoms with Crippen molar-refractivity contribution >= 4 is 27.6 Å². The highest BCUT2D eigenvalue weighted by Crippen LogP contribution is 2.24. The highest BCUT2D eigenvalue weighted by atomic mass is 32.2. The summed E-state index contributed by atoms with van der Waals surface area (Å²) in [5, 5.41) is 3.38. The minimum absolute atomic E-state index is 0.317. The van der Waals surface area contributed by atoms with E-state index in [2.05, 4.69) is 17.2 Å². The molecular weight excluding hydrogens is 282 g/mol. The minimum Gasteiger partial charge on any atom is -0.370 e. The molecule has 2 heterocycles. The third-order valence-electron chi connectivity index (χ3n) is 2.93. The quantitative estimate of drug-likeness (QED) is 0.916. The molecule has 1 aromatic heterocycles. The average Bonchev–Trinajstić information content (AvgIpc) is 2.39. The number of pyridine rings is 1. The number of hydrogen-bond acceptors (Lipinski definition) is 5. The fourth-order valence-corrected chi connectivity index (χ4v) is 4.77. The molecule has 1 N–H and O–H groups in total. The number of nitrogens with one attached hydrogen (secondary N) is 1. The maximum absolute atomic E-state index is 12.6. The molecule has 0 aliphatic carbocycles. The zero-order chi connectivity index (χ0) is 13.9. The molecule has 1 unspecified atom stereocenters. The van der Waals surface area contributed by atoms with Gasteiger partial charge in [0.1, 0.15) is 5.82 Å². The summed E-state index contributed by atoms with van der Waals surface area (Å²) in [6.07, 6.45) is 1.53. The summed E-state index contributed by atoms with van der Waals surface area (Å²) in [6.45, 7) is 5.88. The van der Waals surface area contributed by atoms with Crippen LogP contribution in [0.4, 0.5) is 5.82 Å². The Kier molecular flexibility index (Phi) is 4.70. The first-order valence-electron chi connectivity index (χ1n) is 6.35. The molecule has 7 heteroatoms.